The summed E-state index contributed by atoms with van der Waals surface area (Å²) in [4.78, 5) is 20.8. The van der Waals surface area contributed by atoms with Crippen LogP contribution in [-0.4, -0.2) is 22.7 Å². The molecule has 7 nitrogen and oxygen atoms in total. The molecule has 2 aromatic carbocycles. The first kappa shape index (κ1) is 14.9. The molecule has 2 heterocycles. The largest absolute Gasteiger partial charge is 0.454 e. The average molecular weight is 334 g/mol. The van der Waals surface area contributed by atoms with Crippen LogP contribution >= 0.6 is 0 Å². The van der Waals surface area contributed by atoms with Crippen molar-refractivity contribution in [3.63, 3.8) is 0 Å². The second-order valence-corrected chi connectivity index (χ2v) is 5.28. The van der Waals surface area contributed by atoms with Crippen molar-refractivity contribution in [2.75, 3.05) is 17.4 Å². The molecule has 2 N–H and O–H groups in total. The maximum Gasteiger partial charge on any atom is 0.274 e. The molecule has 0 radical (unpaired) electrons. The molecule has 0 aliphatic carbocycles. The molecule has 1 aromatic heterocycles. The Hall–Kier alpha value is -3.61. The number of para-hydroxylation sites is 1. The van der Waals surface area contributed by atoms with Crippen LogP contribution in [0.15, 0.2) is 60.8 Å². The monoisotopic (exact) mass is 334 g/mol. The second kappa shape index (κ2) is 6.48. The van der Waals surface area contributed by atoms with E-state index in [2.05, 4.69) is 20.6 Å². The summed E-state index contributed by atoms with van der Waals surface area (Å²) < 4.78 is 10.6. The van der Waals surface area contributed by atoms with Gasteiger partial charge in [0, 0.05) is 23.6 Å². The van der Waals surface area contributed by atoms with Gasteiger partial charge in [-0.05, 0) is 30.3 Å². The minimum atomic E-state index is -0.336. The van der Waals surface area contributed by atoms with Crippen LogP contribution < -0.4 is 20.1 Å². The highest BCUT2D eigenvalue weighted by Crippen LogP contribution is 2.34. The van der Waals surface area contributed by atoms with Crippen LogP contribution in [0.3, 0.4) is 0 Å². The van der Waals surface area contributed by atoms with Crippen molar-refractivity contribution in [1.82, 2.24) is 9.97 Å². The summed E-state index contributed by atoms with van der Waals surface area (Å²) >= 11 is 0. The van der Waals surface area contributed by atoms with E-state index in [4.69, 9.17) is 9.47 Å². The number of carbonyl (C=O) groups excluding carboxylic acids is 1. The predicted molar refractivity (Wildman–Crippen MR) is 92.3 cm³/mol. The van der Waals surface area contributed by atoms with E-state index in [1.807, 2.05) is 30.3 Å². The summed E-state index contributed by atoms with van der Waals surface area (Å²) in [5.74, 6) is 1.28. The summed E-state index contributed by atoms with van der Waals surface area (Å²) in [5, 5.41) is 5.84. The number of anilines is 3. The van der Waals surface area contributed by atoms with E-state index in [-0.39, 0.29) is 18.4 Å². The zero-order valence-electron chi connectivity index (χ0n) is 13.1. The third kappa shape index (κ3) is 3.35. The Balaban J connectivity index is 1.49. The van der Waals surface area contributed by atoms with E-state index in [0.717, 1.165) is 5.69 Å². The second-order valence-electron chi connectivity index (χ2n) is 5.28. The molecule has 124 valence electrons. The fourth-order valence-electron chi connectivity index (χ4n) is 2.37. The molecule has 1 aliphatic heterocycles. The highest BCUT2D eigenvalue weighted by Gasteiger charge is 2.15. The predicted octanol–water partition coefficient (Wildman–Crippen LogP) is 3.20. The van der Waals surface area contributed by atoms with Gasteiger partial charge in [-0.3, -0.25) is 4.79 Å². The van der Waals surface area contributed by atoms with Gasteiger partial charge in [-0.1, -0.05) is 18.2 Å². The lowest BCUT2D eigenvalue weighted by atomic mass is 10.2. The lowest BCUT2D eigenvalue weighted by Crippen LogP contribution is -2.14. The van der Waals surface area contributed by atoms with Crippen molar-refractivity contribution >= 4 is 23.2 Å². The smallest absolute Gasteiger partial charge is 0.274 e. The molecule has 4 rings (SSSR count). The Kier molecular flexibility index (Phi) is 3.88. The maximum atomic E-state index is 12.4. The van der Waals surface area contributed by atoms with Gasteiger partial charge in [0.1, 0.15) is 5.69 Å². The SMILES string of the molecule is O=C(Nc1ccc2c(c1)OCO2)c1ccnc(Nc2ccccc2)n1. The molecular weight excluding hydrogens is 320 g/mol. The number of hydrogen-bond acceptors (Lipinski definition) is 6. The van der Waals surface area contributed by atoms with Crippen molar-refractivity contribution in [2.45, 2.75) is 0 Å². The van der Waals surface area contributed by atoms with Crippen molar-refractivity contribution in [2.24, 2.45) is 0 Å². The minimum Gasteiger partial charge on any atom is -0.454 e. The first-order valence-corrected chi connectivity index (χ1v) is 7.64. The lowest BCUT2D eigenvalue weighted by molar-refractivity contribution is 0.102. The number of ether oxygens (including phenoxy) is 2. The fraction of sp³-hybridized carbons (Fsp3) is 0.0556. The number of fused-ring (bicyclic) bond motifs is 1. The summed E-state index contributed by atoms with van der Waals surface area (Å²) in [7, 11) is 0. The Bertz CT molecular complexity index is 915. The molecule has 25 heavy (non-hydrogen) atoms. The van der Waals surface area contributed by atoms with Crippen LogP contribution in [0.4, 0.5) is 17.3 Å². The standard InChI is InChI=1S/C18H14N4O3/c23-17(20-13-6-7-15-16(10-13)25-11-24-15)14-8-9-19-18(22-14)21-12-4-2-1-3-5-12/h1-10H,11H2,(H,20,23)(H,19,21,22). The molecule has 0 atom stereocenters. The van der Waals surface area contributed by atoms with Gasteiger partial charge in [-0.25, -0.2) is 9.97 Å². The Morgan fingerprint density at radius 3 is 2.68 bits per heavy atom. The van der Waals surface area contributed by atoms with Crippen molar-refractivity contribution in [1.29, 1.82) is 0 Å². The molecule has 0 spiro atoms. The average Bonchev–Trinajstić information content (AvgIpc) is 3.10. The number of carbonyl (C=O) groups is 1. The van der Waals surface area contributed by atoms with E-state index < -0.39 is 0 Å². The lowest BCUT2D eigenvalue weighted by Gasteiger charge is -2.08. The van der Waals surface area contributed by atoms with Crippen LogP contribution in [0.1, 0.15) is 10.5 Å². The van der Waals surface area contributed by atoms with Crippen LogP contribution in [0.25, 0.3) is 0 Å². The number of aromatic nitrogens is 2. The van der Waals surface area contributed by atoms with E-state index >= 15 is 0 Å². The van der Waals surface area contributed by atoms with E-state index in [1.165, 1.54) is 6.20 Å². The van der Waals surface area contributed by atoms with Crippen molar-refractivity contribution < 1.29 is 14.3 Å². The zero-order valence-corrected chi connectivity index (χ0v) is 13.1. The van der Waals surface area contributed by atoms with Crippen LogP contribution in [0.2, 0.25) is 0 Å². The summed E-state index contributed by atoms with van der Waals surface area (Å²) in [6.45, 7) is 0.188. The zero-order chi connectivity index (χ0) is 17.1. The summed E-state index contributed by atoms with van der Waals surface area (Å²) in [6.07, 6.45) is 1.53. The summed E-state index contributed by atoms with van der Waals surface area (Å²) in [6, 6.07) is 16.3. The van der Waals surface area contributed by atoms with E-state index in [9.17, 15) is 4.79 Å². The van der Waals surface area contributed by atoms with E-state index in [0.29, 0.717) is 23.1 Å². The topological polar surface area (TPSA) is 85.4 Å². The fourth-order valence-corrected chi connectivity index (χ4v) is 2.37. The number of benzene rings is 2. The van der Waals surface area contributed by atoms with Gasteiger partial charge in [-0.2, -0.15) is 0 Å². The number of nitrogens with one attached hydrogen (secondary N) is 2. The Morgan fingerprint density at radius 2 is 1.80 bits per heavy atom. The molecule has 0 fully saturated rings. The first-order chi connectivity index (χ1) is 12.3. The third-order valence-corrected chi connectivity index (χ3v) is 3.55. The summed E-state index contributed by atoms with van der Waals surface area (Å²) in [5.41, 5.74) is 1.70. The van der Waals surface area contributed by atoms with Gasteiger partial charge < -0.3 is 20.1 Å². The number of nitrogens with zero attached hydrogens (tertiary/aromatic N) is 2. The van der Waals surface area contributed by atoms with Gasteiger partial charge in [0.25, 0.3) is 5.91 Å². The highest BCUT2D eigenvalue weighted by molar-refractivity contribution is 6.03. The van der Waals surface area contributed by atoms with Crippen LogP contribution in [-0.2, 0) is 0 Å². The van der Waals surface area contributed by atoms with Gasteiger partial charge in [-0.15, -0.1) is 0 Å². The van der Waals surface area contributed by atoms with Crippen LogP contribution in [0, 0.1) is 0 Å². The Morgan fingerprint density at radius 1 is 0.960 bits per heavy atom. The van der Waals surface area contributed by atoms with Crippen LogP contribution in [0.5, 0.6) is 11.5 Å². The third-order valence-electron chi connectivity index (χ3n) is 3.55. The minimum absolute atomic E-state index is 0.188. The van der Waals surface area contributed by atoms with Crippen molar-refractivity contribution in [3.05, 3.63) is 66.5 Å². The van der Waals surface area contributed by atoms with Gasteiger partial charge in [0.2, 0.25) is 12.7 Å². The number of rotatable bonds is 4. The normalized spacial score (nSPS) is 11.8. The molecule has 0 unspecified atom stereocenters. The molecule has 0 saturated carbocycles. The van der Waals surface area contributed by atoms with Gasteiger partial charge in [0.15, 0.2) is 11.5 Å². The number of amides is 1. The quantitative estimate of drug-likeness (QED) is 0.762. The first-order valence-electron chi connectivity index (χ1n) is 7.64. The van der Waals surface area contributed by atoms with Gasteiger partial charge in [0.05, 0.1) is 0 Å². The maximum absolute atomic E-state index is 12.4. The van der Waals surface area contributed by atoms with E-state index in [1.54, 1.807) is 24.3 Å². The van der Waals surface area contributed by atoms with Gasteiger partial charge >= 0.3 is 0 Å². The molecule has 3 aromatic rings. The molecule has 7 heteroatoms. The molecule has 1 amide bonds. The Labute approximate surface area is 143 Å². The number of hydrogen-bond donors (Lipinski definition) is 2. The van der Waals surface area contributed by atoms with Crippen molar-refractivity contribution in [3.8, 4) is 11.5 Å². The molecule has 1 aliphatic rings. The molecular formula is C18H14N4O3. The highest BCUT2D eigenvalue weighted by atomic mass is 16.7. The molecule has 0 saturated heterocycles. The molecule has 0 bridgehead atoms.